The lowest BCUT2D eigenvalue weighted by Crippen LogP contribution is -2.55. The van der Waals surface area contributed by atoms with Gasteiger partial charge in [0, 0.05) is 23.6 Å². The molecule has 0 saturated heterocycles. The quantitative estimate of drug-likeness (QED) is 0.0955. The van der Waals surface area contributed by atoms with Crippen molar-refractivity contribution in [2.45, 2.75) is 89.1 Å². The Kier molecular flexibility index (Phi) is 12.6. The number of amides is 2. The summed E-state index contributed by atoms with van der Waals surface area (Å²) in [5, 5.41) is 10.7. The molecule has 236 valence electrons. The predicted octanol–water partition coefficient (Wildman–Crippen LogP) is 4.79. The molecule has 3 unspecified atom stereocenters. The average Bonchev–Trinajstić information content (AvgIpc) is 2.89. The molecule has 0 saturated carbocycles. The van der Waals surface area contributed by atoms with Crippen molar-refractivity contribution in [3.05, 3.63) is 46.8 Å². The third kappa shape index (κ3) is 9.53. The minimum Gasteiger partial charge on any atom is -0.494 e. The van der Waals surface area contributed by atoms with Gasteiger partial charge in [-0.1, -0.05) is 25.5 Å². The number of carbonyl (C=O) groups is 3. The minimum absolute atomic E-state index is 0.0183. The fraction of sp³-hybridized carbons (Fsp3) is 0.607. The molecule has 0 aliphatic heterocycles. The highest BCUT2D eigenvalue weighted by molar-refractivity contribution is 5.95. The van der Waals surface area contributed by atoms with Crippen molar-refractivity contribution in [2.24, 2.45) is 11.7 Å². The van der Waals surface area contributed by atoms with E-state index in [0.29, 0.717) is 25.3 Å². The zero-order valence-corrected chi connectivity index (χ0v) is 23.3. The van der Waals surface area contributed by atoms with Crippen molar-refractivity contribution >= 4 is 18.6 Å². The van der Waals surface area contributed by atoms with Crippen LogP contribution in [-0.4, -0.2) is 72.0 Å². The molecule has 0 aromatic rings. The van der Waals surface area contributed by atoms with Crippen molar-refractivity contribution < 1.29 is 55.3 Å². The Hall–Kier alpha value is -2.97. The molecule has 0 spiro atoms. The van der Waals surface area contributed by atoms with Gasteiger partial charge in [0.15, 0.2) is 0 Å². The van der Waals surface area contributed by atoms with Gasteiger partial charge in [0.05, 0.1) is 18.8 Å². The summed E-state index contributed by atoms with van der Waals surface area (Å²) < 4.78 is 88.0. The van der Waals surface area contributed by atoms with E-state index in [4.69, 9.17) is 10.5 Å². The first-order valence-electron chi connectivity index (χ1n) is 13.5. The number of aliphatic hydroxyl groups excluding tert-OH is 1. The highest BCUT2D eigenvalue weighted by atomic mass is 19.4. The number of nitrogens with two attached hydrogens (primary N) is 1. The van der Waals surface area contributed by atoms with Crippen LogP contribution in [0.3, 0.4) is 0 Å². The van der Waals surface area contributed by atoms with Crippen molar-refractivity contribution in [1.82, 2.24) is 4.90 Å². The van der Waals surface area contributed by atoms with E-state index >= 15 is 0 Å². The van der Waals surface area contributed by atoms with Gasteiger partial charge in [0.25, 0.3) is 5.91 Å². The van der Waals surface area contributed by atoms with Gasteiger partial charge in [-0.05, 0) is 63.2 Å². The average molecular weight is 611 g/mol. The van der Waals surface area contributed by atoms with E-state index in [2.05, 4.69) is 4.74 Å². The molecule has 0 aromatic heterocycles. The van der Waals surface area contributed by atoms with Crippen LogP contribution in [0.15, 0.2) is 46.8 Å². The Morgan fingerprint density at radius 1 is 1.19 bits per heavy atom. The lowest BCUT2D eigenvalue weighted by molar-refractivity contribution is -0.337. The first-order valence-corrected chi connectivity index (χ1v) is 13.5. The molecule has 4 atom stereocenters. The van der Waals surface area contributed by atoms with Crippen LogP contribution in [0.2, 0.25) is 0 Å². The van der Waals surface area contributed by atoms with Crippen LogP contribution in [0.5, 0.6) is 0 Å². The van der Waals surface area contributed by atoms with Crippen LogP contribution < -0.4 is 5.73 Å². The predicted molar refractivity (Wildman–Crippen MR) is 139 cm³/mol. The van der Waals surface area contributed by atoms with Gasteiger partial charge in [0.1, 0.15) is 17.6 Å². The van der Waals surface area contributed by atoms with Gasteiger partial charge < -0.3 is 15.6 Å². The van der Waals surface area contributed by atoms with Crippen LogP contribution in [-0.2, 0) is 23.9 Å². The number of imide groups is 1. The molecular formula is C28H36F6N2O6. The molecule has 2 aliphatic rings. The highest BCUT2D eigenvalue weighted by Gasteiger charge is 2.43. The standard InChI is InChI=1S/C28H36F6N2O6/c1-3-7-21-23(11-10-20(24(21)39)22(12-14-37)27(29,30)31)41-15-5-4-13-36(17-38)25(40)26(2,35)18-8-6-9-19(16-18)42-28(32,33)34/h10-12,14,16-17,19-20,24,39H,3-9,13,15,35H2,1-2H3/b22-12+/t19?,20?,24?,26-/m1/s1. The van der Waals surface area contributed by atoms with Crippen LogP contribution >= 0.6 is 0 Å². The molecule has 2 rings (SSSR count). The zero-order chi connectivity index (χ0) is 31.7. The van der Waals surface area contributed by atoms with Crippen LogP contribution in [0.4, 0.5) is 26.3 Å². The number of ether oxygens (including phenoxy) is 2. The number of aliphatic hydroxyl groups is 1. The van der Waals surface area contributed by atoms with E-state index in [1.54, 1.807) is 6.92 Å². The van der Waals surface area contributed by atoms with E-state index in [1.807, 2.05) is 0 Å². The summed E-state index contributed by atoms with van der Waals surface area (Å²) in [5.74, 6) is -2.07. The molecule has 8 nitrogen and oxygen atoms in total. The first kappa shape index (κ1) is 35.2. The molecule has 0 fully saturated rings. The van der Waals surface area contributed by atoms with E-state index in [0.717, 1.165) is 11.0 Å². The second-order valence-corrected chi connectivity index (χ2v) is 10.3. The number of halogens is 6. The number of alkyl halides is 6. The van der Waals surface area contributed by atoms with Gasteiger partial charge in [0.2, 0.25) is 6.41 Å². The topological polar surface area (TPSA) is 119 Å². The molecule has 0 aromatic carbocycles. The maximum Gasteiger partial charge on any atom is 0.523 e. The number of nitrogens with zero attached hydrogens (tertiary/aromatic N) is 1. The lowest BCUT2D eigenvalue weighted by atomic mass is 9.82. The summed E-state index contributed by atoms with van der Waals surface area (Å²) in [7, 11) is 0. The van der Waals surface area contributed by atoms with Crippen molar-refractivity contribution in [3.63, 3.8) is 0 Å². The van der Waals surface area contributed by atoms with Gasteiger partial charge >= 0.3 is 12.5 Å². The molecule has 42 heavy (non-hydrogen) atoms. The Labute approximate surface area is 239 Å². The van der Waals surface area contributed by atoms with Crippen LogP contribution in [0.25, 0.3) is 0 Å². The largest absolute Gasteiger partial charge is 0.523 e. The minimum atomic E-state index is -4.85. The second kappa shape index (κ2) is 15.0. The third-order valence-electron chi connectivity index (χ3n) is 7.08. The summed E-state index contributed by atoms with van der Waals surface area (Å²) in [6, 6.07) is 0. The third-order valence-corrected chi connectivity index (χ3v) is 7.08. The molecule has 2 aliphatic carbocycles. The zero-order valence-electron chi connectivity index (χ0n) is 23.3. The van der Waals surface area contributed by atoms with Crippen molar-refractivity contribution in [2.75, 3.05) is 13.2 Å². The van der Waals surface area contributed by atoms with Crippen molar-refractivity contribution in [3.8, 4) is 0 Å². The number of unbranched alkanes of at least 4 members (excludes halogenated alkanes) is 1. The van der Waals surface area contributed by atoms with Crippen LogP contribution in [0.1, 0.15) is 58.8 Å². The van der Waals surface area contributed by atoms with E-state index in [1.165, 1.54) is 19.1 Å². The van der Waals surface area contributed by atoms with Gasteiger partial charge in [-0.15, -0.1) is 13.2 Å². The monoisotopic (exact) mass is 610 g/mol. The normalized spacial score (nSPS) is 23.2. The number of hydrogen-bond donors (Lipinski definition) is 2. The summed E-state index contributed by atoms with van der Waals surface area (Å²) in [4.78, 5) is 36.3. The smallest absolute Gasteiger partial charge is 0.494 e. The number of rotatable bonds is 14. The number of carbonyl (C=O) groups excluding carboxylic acids is 3. The summed E-state index contributed by atoms with van der Waals surface area (Å²) in [6.07, 6.45) is -6.20. The Balaban J connectivity index is 2.00. The number of allylic oxidation sites excluding steroid dienone is 2. The molecule has 0 bridgehead atoms. The SMILES string of the molecule is CCCC1=C(OCCCCN(C=O)C(=O)[C@](C)(N)C2=CC(OC(F)(F)F)CCC2)C=CC(/C(=C\C=O)C(F)(F)F)C1O. The molecule has 0 heterocycles. The summed E-state index contributed by atoms with van der Waals surface area (Å²) >= 11 is 0. The Morgan fingerprint density at radius 3 is 2.45 bits per heavy atom. The van der Waals surface area contributed by atoms with E-state index < -0.39 is 47.7 Å². The fourth-order valence-corrected chi connectivity index (χ4v) is 4.97. The summed E-state index contributed by atoms with van der Waals surface area (Å²) in [5.41, 5.74) is 3.76. The second-order valence-electron chi connectivity index (χ2n) is 10.3. The maximum atomic E-state index is 13.4. The Morgan fingerprint density at radius 2 is 1.88 bits per heavy atom. The first-order chi connectivity index (χ1) is 19.6. The van der Waals surface area contributed by atoms with Crippen molar-refractivity contribution in [1.29, 1.82) is 0 Å². The number of hydrogen-bond acceptors (Lipinski definition) is 7. The van der Waals surface area contributed by atoms with E-state index in [9.17, 15) is 45.8 Å². The van der Waals surface area contributed by atoms with Gasteiger partial charge in [-0.25, -0.2) is 0 Å². The summed E-state index contributed by atoms with van der Waals surface area (Å²) in [6.45, 7) is 3.07. The lowest BCUT2D eigenvalue weighted by Gasteiger charge is -2.34. The molecule has 3 N–H and O–H groups in total. The highest BCUT2D eigenvalue weighted by Crippen LogP contribution is 2.39. The number of aldehydes is 1. The van der Waals surface area contributed by atoms with Crippen LogP contribution in [0, 0.1) is 5.92 Å². The molecular weight excluding hydrogens is 574 g/mol. The maximum absolute atomic E-state index is 13.4. The molecule has 0 radical (unpaired) electrons. The fourth-order valence-electron chi connectivity index (χ4n) is 4.97. The Bertz CT molecular complexity index is 1090. The van der Waals surface area contributed by atoms with Gasteiger partial charge in [-0.3, -0.25) is 24.0 Å². The molecule has 14 heteroatoms. The van der Waals surface area contributed by atoms with E-state index in [-0.39, 0.29) is 68.4 Å². The molecule has 2 amide bonds. The van der Waals surface area contributed by atoms with Gasteiger partial charge in [-0.2, -0.15) is 13.2 Å².